The minimum atomic E-state index is -4.54. The van der Waals surface area contributed by atoms with E-state index in [-0.39, 0.29) is 11.1 Å². The number of hydrogen-bond donors (Lipinski definition) is 0. The summed E-state index contributed by atoms with van der Waals surface area (Å²) in [5.41, 5.74) is -2.35. The van der Waals surface area contributed by atoms with Gasteiger partial charge in [-0.15, -0.1) is 0 Å². The second-order valence-corrected chi connectivity index (χ2v) is 4.12. The molecule has 0 spiro atoms. The highest BCUT2D eigenvalue weighted by Crippen LogP contribution is 2.33. The smallest absolute Gasteiger partial charge is 0.258 e. The maximum absolute atomic E-state index is 13.7. The lowest BCUT2D eigenvalue weighted by atomic mass is 10.0. The third-order valence-electron chi connectivity index (χ3n) is 2.76. The van der Waals surface area contributed by atoms with Gasteiger partial charge in [0, 0.05) is 5.56 Å². The van der Waals surface area contributed by atoms with Crippen molar-refractivity contribution >= 4 is 5.69 Å². The molecule has 2 aromatic rings. The van der Waals surface area contributed by atoms with Crippen molar-refractivity contribution in [1.82, 2.24) is 0 Å². The van der Waals surface area contributed by atoms with Gasteiger partial charge in [-0.1, -0.05) is 12.1 Å². The van der Waals surface area contributed by atoms with Crippen LogP contribution in [0.1, 0.15) is 5.56 Å². The Hall–Kier alpha value is -2.51. The van der Waals surface area contributed by atoms with Crippen molar-refractivity contribution < 1.29 is 26.9 Å². The Balaban J connectivity index is 2.48. The van der Waals surface area contributed by atoms with Crippen molar-refractivity contribution in [3.8, 4) is 11.1 Å². The van der Waals surface area contributed by atoms with Crippen LogP contribution in [0.15, 0.2) is 36.4 Å². The number of nitrogens with zero attached hydrogens (tertiary/aromatic N) is 1. The Morgan fingerprint density at radius 2 is 1.52 bits per heavy atom. The van der Waals surface area contributed by atoms with Gasteiger partial charge in [0.2, 0.25) is 5.82 Å². The molecule has 0 atom stereocenters. The van der Waals surface area contributed by atoms with E-state index in [0.29, 0.717) is 24.3 Å². The van der Waals surface area contributed by atoms with Crippen LogP contribution < -0.4 is 0 Å². The zero-order valence-corrected chi connectivity index (χ0v) is 10.1. The average Bonchev–Trinajstić information content (AvgIpc) is 2.40. The summed E-state index contributed by atoms with van der Waals surface area (Å²) in [5.74, 6) is -2.36. The van der Waals surface area contributed by atoms with Gasteiger partial charge in [0.25, 0.3) is 0 Å². The van der Waals surface area contributed by atoms with Gasteiger partial charge in [-0.05, 0) is 23.8 Å². The van der Waals surface area contributed by atoms with Gasteiger partial charge in [-0.3, -0.25) is 10.1 Å². The molecule has 21 heavy (non-hydrogen) atoms. The topological polar surface area (TPSA) is 43.1 Å². The Bertz CT molecular complexity index is 695. The first-order valence-corrected chi connectivity index (χ1v) is 5.51. The maximum atomic E-state index is 13.7. The quantitative estimate of drug-likeness (QED) is 0.464. The van der Waals surface area contributed by atoms with E-state index in [0.717, 1.165) is 12.1 Å². The Morgan fingerprint density at radius 1 is 0.952 bits per heavy atom. The Labute approximate surface area is 114 Å². The highest BCUT2D eigenvalue weighted by molar-refractivity contribution is 5.66. The molecule has 0 aliphatic heterocycles. The normalized spacial score (nSPS) is 11.5. The summed E-state index contributed by atoms with van der Waals surface area (Å²) in [6.07, 6.45) is -4.54. The second-order valence-electron chi connectivity index (χ2n) is 4.12. The van der Waals surface area contributed by atoms with Gasteiger partial charge in [-0.2, -0.15) is 17.6 Å². The van der Waals surface area contributed by atoms with Crippen LogP contribution >= 0.6 is 0 Å². The molecule has 0 aromatic heterocycles. The minimum Gasteiger partial charge on any atom is -0.258 e. The molecule has 2 rings (SSSR count). The lowest BCUT2D eigenvalue weighted by Crippen LogP contribution is -2.04. The first-order valence-electron chi connectivity index (χ1n) is 5.51. The van der Waals surface area contributed by atoms with Crippen molar-refractivity contribution in [3.63, 3.8) is 0 Å². The summed E-state index contributed by atoms with van der Waals surface area (Å²) in [6, 6.07) is 4.33. The third-order valence-corrected chi connectivity index (χ3v) is 2.76. The molecule has 8 heteroatoms. The predicted octanol–water partition coefficient (Wildman–Crippen LogP) is 4.56. The van der Waals surface area contributed by atoms with Gasteiger partial charge < -0.3 is 0 Å². The fourth-order valence-corrected chi connectivity index (χ4v) is 1.74. The van der Waals surface area contributed by atoms with Crippen LogP contribution in [-0.2, 0) is 6.18 Å². The van der Waals surface area contributed by atoms with E-state index < -0.39 is 34.0 Å². The molecule has 2 aromatic carbocycles. The van der Waals surface area contributed by atoms with Crippen molar-refractivity contribution in [2.24, 2.45) is 0 Å². The number of rotatable bonds is 2. The van der Waals surface area contributed by atoms with E-state index in [9.17, 15) is 32.1 Å². The molecule has 0 aliphatic carbocycles. The summed E-state index contributed by atoms with van der Waals surface area (Å²) in [7, 11) is 0. The molecule has 0 saturated heterocycles. The van der Waals surface area contributed by atoms with Crippen LogP contribution in [0.3, 0.4) is 0 Å². The van der Waals surface area contributed by atoms with Gasteiger partial charge in [-0.25, -0.2) is 4.39 Å². The number of alkyl halides is 3. The highest BCUT2D eigenvalue weighted by Gasteiger charge is 2.30. The molecule has 0 aliphatic rings. The average molecular weight is 303 g/mol. The Morgan fingerprint density at radius 3 is 2.00 bits per heavy atom. The molecule has 0 bridgehead atoms. The monoisotopic (exact) mass is 303 g/mol. The predicted molar refractivity (Wildman–Crippen MR) is 63.5 cm³/mol. The standard InChI is InChI=1S/C13H6F5NO2/c14-10-6-12(19(20)21)11(15)5-9(10)7-1-3-8(4-2-7)13(16,17)18/h1-6H. The molecule has 0 unspecified atom stereocenters. The summed E-state index contributed by atoms with van der Waals surface area (Å²) >= 11 is 0. The molecule has 0 radical (unpaired) electrons. The first-order chi connectivity index (χ1) is 9.70. The molecule has 3 nitrogen and oxygen atoms in total. The maximum Gasteiger partial charge on any atom is 0.416 e. The summed E-state index contributed by atoms with van der Waals surface area (Å²) in [6.45, 7) is 0. The number of benzene rings is 2. The number of hydrogen-bond acceptors (Lipinski definition) is 2. The van der Waals surface area contributed by atoms with E-state index in [4.69, 9.17) is 0 Å². The van der Waals surface area contributed by atoms with Crippen LogP contribution in [0.2, 0.25) is 0 Å². The summed E-state index contributed by atoms with van der Waals surface area (Å²) in [5, 5.41) is 10.5. The summed E-state index contributed by atoms with van der Waals surface area (Å²) < 4.78 is 64.4. The van der Waals surface area contributed by atoms with E-state index in [1.165, 1.54) is 0 Å². The van der Waals surface area contributed by atoms with E-state index >= 15 is 0 Å². The zero-order valence-electron chi connectivity index (χ0n) is 10.1. The zero-order chi connectivity index (χ0) is 15.8. The summed E-state index contributed by atoms with van der Waals surface area (Å²) in [4.78, 5) is 9.36. The molecule has 0 fully saturated rings. The highest BCUT2D eigenvalue weighted by atomic mass is 19.4. The van der Waals surface area contributed by atoms with E-state index in [2.05, 4.69) is 0 Å². The second kappa shape index (κ2) is 5.12. The SMILES string of the molecule is O=[N+]([O-])c1cc(F)c(-c2ccc(C(F)(F)F)cc2)cc1F. The Kier molecular flexibility index (Phi) is 3.63. The molecular weight excluding hydrogens is 297 g/mol. The fourth-order valence-electron chi connectivity index (χ4n) is 1.74. The van der Waals surface area contributed by atoms with Gasteiger partial charge >= 0.3 is 11.9 Å². The van der Waals surface area contributed by atoms with Crippen molar-refractivity contribution in [2.45, 2.75) is 6.18 Å². The van der Waals surface area contributed by atoms with Crippen LogP contribution in [0, 0.1) is 21.7 Å². The molecule has 0 N–H and O–H groups in total. The third kappa shape index (κ3) is 2.99. The van der Waals surface area contributed by atoms with Crippen molar-refractivity contribution in [3.05, 3.63) is 63.7 Å². The van der Waals surface area contributed by atoms with Crippen molar-refractivity contribution in [1.29, 1.82) is 0 Å². The van der Waals surface area contributed by atoms with Crippen molar-refractivity contribution in [2.75, 3.05) is 0 Å². The van der Waals surface area contributed by atoms with Crippen LogP contribution in [0.5, 0.6) is 0 Å². The molecule has 0 saturated carbocycles. The molecule has 0 amide bonds. The number of halogens is 5. The molecular formula is C13H6F5NO2. The minimum absolute atomic E-state index is 0.0192. The number of nitro groups is 1. The molecule has 110 valence electrons. The first kappa shape index (κ1) is 14.9. The largest absolute Gasteiger partial charge is 0.416 e. The van der Waals surface area contributed by atoms with E-state index in [1.807, 2.05) is 0 Å². The number of nitro benzene ring substituents is 1. The van der Waals surface area contributed by atoms with Crippen LogP contribution in [0.25, 0.3) is 11.1 Å². The van der Waals surface area contributed by atoms with E-state index in [1.54, 1.807) is 0 Å². The van der Waals surface area contributed by atoms with Gasteiger partial charge in [0.1, 0.15) is 5.82 Å². The lowest BCUT2D eigenvalue weighted by molar-refractivity contribution is -0.387. The van der Waals surface area contributed by atoms with Crippen LogP contribution in [-0.4, -0.2) is 4.92 Å². The van der Waals surface area contributed by atoms with Gasteiger partial charge in [0.05, 0.1) is 16.6 Å². The van der Waals surface area contributed by atoms with Crippen LogP contribution in [0.4, 0.5) is 27.6 Å². The van der Waals surface area contributed by atoms with Gasteiger partial charge in [0.15, 0.2) is 0 Å². The lowest BCUT2D eigenvalue weighted by Gasteiger charge is -2.08. The fraction of sp³-hybridized carbons (Fsp3) is 0.0769. The molecule has 0 heterocycles.